The Balaban J connectivity index is 1.52. The Morgan fingerprint density at radius 3 is 2.42 bits per heavy atom. The van der Waals surface area contributed by atoms with Crippen molar-refractivity contribution in [2.45, 2.75) is 45.6 Å². The highest BCUT2D eigenvalue weighted by Crippen LogP contribution is 2.30. The average molecular weight is 443 g/mol. The van der Waals surface area contributed by atoms with E-state index in [4.69, 9.17) is 21.1 Å². The van der Waals surface area contributed by atoms with Crippen LogP contribution in [0.3, 0.4) is 0 Å². The number of amides is 1. The normalized spacial score (nSPS) is 19.0. The summed E-state index contributed by atoms with van der Waals surface area (Å²) in [7, 11) is 0. The summed E-state index contributed by atoms with van der Waals surface area (Å²) in [6.45, 7) is 7.76. The van der Waals surface area contributed by atoms with Crippen molar-refractivity contribution in [1.82, 2.24) is 4.90 Å². The van der Waals surface area contributed by atoms with Crippen molar-refractivity contribution in [3.05, 3.63) is 81.0 Å². The lowest BCUT2D eigenvalue weighted by molar-refractivity contribution is 0.0601. The number of aryl methyl sites for hydroxylation is 2. The topological polar surface area (TPSA) is 103 Å². The van der Waals surface area contributed by atoms with Gasteiger partial charge in [0.05, 0.1) is 23.4 Å². The molecule has 2 heterocycles. The molecule has 4 rings (SSSR count). The van der Waals surface area contributed by atoms with Gasteiger partial charge in [-0.2, -0.15) is 5.26 Å². The van der Waals surface area contributed by atoms with Gasteiger partial charge in [-0.05, 0) is 74.1 Å². The van der Waals surface area contributed by atoms with Crippen molar-refractivity contribution in [2.75, 3.05) is 19.7 Å². The minimum absolute atomic E-state index is 0.0137. The van der Waals surface area contributed by atoms with Gasteiger partial charge in [-0.3, -0.25) is 10.2 Å². The highest BCUT2D eigenvalue weighted by molar-refractivity contribution is 6.13. The second-order valence-corrected chi connectivity index (χ2v) is 9.08. The molecule has 0 aromatic heterocycles. The van der Waals surface area contributed by atoms with Gasteiger partial charge in [0.1, 0.15) is 0 Å². The smallest absolute Gasteiger partial charge is 0.254 e. The average Bonchev–Trinajstić information content (AvgIpc) is 3.32. The molecule has 6 nitrogen and oxygen atoms in total. The zero-order valence-electron chi connectivity index (χ0n) is 19.4. The Labute approximate surface area is 195 Å². The standard InChI is InChI=1S/C27H30N4O2/c1-16-11-17(2)23(12-22(16)25(29)18(3)26(30)24-5-4-10-33-24)27(32)31-14-21(15-31)20-8-6-19(13-28)7-9-20/h6-9,11-12,21,24,29H,4-5,10,14-15,30H2,1-3H3/b26-18-,29-25?. The van der Waals surface area contributed by atoms with Crippen molar-refractivity contribution < 1.29 is 9.53 Å². The Morgan fingerprint density at radius 2 is 1.82 bits per heavy atom. The lowest BCUT2D eigenvalue weighted by Crippen LogP contribution is -2.48. The van der Waals surface area contributed by atoms with Crippen molar-refractivity contribution in [3.8, 4) is 6.07 Å². The number of benzene rings is 2. The molecular weight excluding hydrogens is 412 g/mol. The third-order valence-electron chi connectivity index (χ3n) is 6.84. The largest absolute Gasteiger partial charge is 0.400 e. The maximum atomic E-state index is 13.3. The van der Waals surface area contributed by atoms with E-state index in [-0.39, 0.29) is 17.9 Å². The molecule has 2 aliphatic rings. The number of ether oxygens (including phenoxy) is 1. The third kappa shape index (κ3) is 4.42. The van der Waals surface area contributed by atoms with Crippen molar-refractivity contribution in [2.24, 2.45) is 5.73 Å². The van der Waals surface area contributed by atoms with Gasteiger partial charge < -0.3 is 15.4 Å². The minimum atomic E-state index is -0.127. The second-order valence-electron chi connectivity index (χ2n) is 9.08. The lowest BCUT2D eigenvalue weighted by atomic mass is 9.88. The van der Waals surface area contributed by atoms with Gasteiger partial charge in [0.2, 0.25) is 0 Å². The molecular formula is C27H30N4O2. The predicted octanol–water partition coefficient (Wildman–Crippen LogP) is 4.19. The first-order valence-electron chi connectivity index (χ1n) is 11.4. The summed E-state index contributed by atoms with van der Waals surface area (Å²) in [5.41, 5.74) is 13.0. The highest BCUT2D eigenvalue weighted by Gasteiger charge is 2.33. The number of hydrogen-bond donors (Lipinski definition) is 2. The van der Waals surface area contributed by atoms with Crippen LogP contribution in [-0.2, 0) is 4.74 Å². The fourth-order valence-electron chi connectivity index (χ4n) is 4.62. The fraction of sp³-hybridized carbons (Fsp3) is 0.370. The number of nitrogens with two attached hydrogens (primary N) is 1. The van der Waals surface area contributed by atoms with Crippen LogP contribution in [0.1, 0.15) is 63.9 Å². The molecule has 0 bridgehead atoms. The first-order chi connectivity index (χ1) is 15.8. The first kappa shape index (κ1) is 22.8. The summed E-state index contributed by atoms with van der Waals surface area (Å²) in [6.07, 6.45) is 1.73. The maximum Gasteiger partial charge on any atom is 0.254 e. The van der Waals surface area contributed by atoms with Crippen LogP contribution in [0, 0.1) is 30.6 Å². The molecule has 1 atom stereocenters. The van der Waals surface area contributed by atoms with Gasteiger partial charge in [0.15, 0.2) is 0 Å². The molecule has 0 spiro atoms. The molecule has 2 saturated heterocycles. The van der Waals surface area contributed by atoms with E-state index in [0.29, 0.717) is 47.8 Å². The predicted molar refractivity (Wildman–Crippen MR) is 128 cm³/mol. The van der Waals surface area contributed by atoms with Crippen LogP contribution in [-0.4, -0.2) is 42.3 Å². The van der Waals surface area contributed by atoms with E-state index in [1.54, 1.807) is 0 Å². The number of nitrogens with one attached hydrogen (secondary N) is 1. The van der Waals surface area contributed by atoms with Gasteiger partial charge in [0, 0.05) is 42.4 Å². The summed E-state index contributed by atoms with van der Waals surface area (Å²) in [6, 6.07) is 13.5. The molecule has 2 aromatic carbocycles. The second kappa shape index (κ2) is 9.21. The molecule has 33 heavy (non-hydrogen) atoms. The monoisotopic (exact) mass is 442 g/mol. The van der Waals surface area contributed by atoms with E-state index < -0.39 is 0 Å². The molecule has 2 aliphatic heterocycles. The SMILES string of the molecule is C/C(C(=N)c1cc(C(=O)N2CC(c3ccc(C#N)cc3)C2)c(C)cc1C)=C(/N)C1CCCO1. The third-order valence-corrected chi connectivity index (χ3v) is 6.84. The van der Waals surface area contributed by atoms with Gasteiger partial charge in [0.25, 0.3) is 5.91 Å². The van der Waals surface area contributed by atoms with E-state index in [1.165, 1.54) is 0 Å². The Kier molecular flexibility index (Phi) is 6.35. The number of nitriles is 1. The fourth-order valence-corrected chi connectivity index (χ4v) is 4.62. The number of likely N-dealkylation sites (tertiary alicyclic amines) is 1. The Morgan fingerprint density at radius 1 is 1.15 bits per heavy atom. The summed E-state index contributed by atoms with van der Waals surface area (Å²) >= 11 is 0. The number of carbonyl (C=O) groups is 1. The maximum absolute atomic E-state index is 13.3. The van der Waals surface area contributed by atoms with Gasteiger partial charge in [-0.25, -0.2) is 0 Å². The van der Waals surface area contributed by atoms with E-state index in [1.807, 2.05) is 62.1 Å². The van der Waals surface area contributed by atoms with Gasteiger partial charge in [-0.1, -0.05) is 18.2 Å². The van der Waals surface area contributed by atoms with Crippen LogP contribution >= 0.6 is 0 Å². The van der Waals surface area contributed by atoms with E-state index in [2.05, 4.69) is 6.07 Å². The van der Waals surface area contributed by atoms with Crippen molar-refractivity contribution >= 4 is 11.6 Å². The first-order valence-corrected chi connectivity index (χ1v) is 11.4. The minimum Gasteiger partial charge on any atom is -0.400 e. The molecule has 2 fully saturated rings. The van der Waals surface area contributed by atoms with Crippen molar-refractivity contribution in [1.29, 1.82) is 10.7 Å². The molecule has 0 radical (unpaired) electrons. The molecule has 1 amide bonds. The van der Waals surface area contributed by atoms with Crippen LogP contribution in [0.4, 0.5) is 0 Å². The summed E-state index contributed by atoms with van der Waals surface area (Å²) in [4.78, 5) is 15.1. The number of allylic oxidation sites excluding steroid dienone is 1. The molecule has 6 heteroatoms. The molecule has 0 aliphatic carbocycles. The molecule has 2 aromatic rings. The van der Waals surface area contributed by atoms with Crippen LogP contribution in [0.25, 0.3) is 0 Å². The summed E-state index contributed by atoms with van der Waals surface area (Å²) in [5, 5.41) is 17.8. The van der Waals surface area contributed by atoms with Crippen LogP contribution < -0.4 is 5.73 Å². The molecule has 1 unspecified atom stereocenters. The van der Waals surface area contributed by atoms with Gasteiger partial charge in [-0.15, -0.1) is 0 Å². The van der Waals surface area contributed by atoms with Crippen LogP contribution in [0.5, 0.6) is 0 Å². The van der Waals surface area contributed by atoms with E-state index in [0.717, 1.165) is 35.1 Å². The number of hydrogen-bond acceptors (Lipinski definition) is 5. The quantitative estimate of drug-likeness (QED) is 0.678. The van der Waals surface area contributed by atoms with E-state index >= 15 is 0 Å². The molecule has 170 valence electrons. The number of carbonyl (C=O) groups excluding carboxylic acids is 1. The Hall–Kier alpha value is -3.43. The van der Waals surface area contributed by atoms with Crippen molar-refractivity contribution in [3.63, 3.8) is 0 Å². The van der Waals surface area contributed by atoms with Crippen LogP contribution in [0.2, 0.25) is 0 Å². The number of rotatable bonds is 5. The van der Waals surface area contributed by atoms with E-state index in [9.17, 15) is 4.79 Å². The lowest BCUT2D eigenvalue weighted by Gasteiger charge is -2.40. The highest BCUT2D eigenvalue weighted by atomic mass is 16.5. The van der Waals surface area contributed by atoms with Crippen LogP contribution in [0.15, 0.2) is 47.7 Å². The summed E-state index contributed by atoms with van der Waals surface area (Å²) in [5.74, 6) is 0.266. The zero-order valence-corrected chi connectivity index (χ0v) is 19.4. The zero-order chi connectivity index (χ0) is 23.7. The Bertz CT molecular complexity index is 1160. The number of nitrogens with zero attached hydrogens (tertiary/aromatic N) is 2. The van der Waals surface area contributed by atoms with Gasteiger partial charge >= 0.3 is 0 Å². The molecule has 0 saturated carbocycles. The summed E-state index contributed by atoms with van der Waals surface area (Å²) < 4.78 is 5.69. The molecule has 3 N–H and O–H groups in total.